The second-order valence-corrected chi connectivity index (χ2v) is 7.33. The van der Waals surface area contributed by atoms with Gasteiger partial charge < -0.3 is 11.1 Å². The van der Waals surface area contributed by atoms with Crippen LogP contribution in [0.25, 0.3) is 10.8 Å². The van der Waals surface area contributed by atoms with Gasteiger partial charge in [-0.3, -0.25) is 9.69 Å². The fourth-order valence-electron chi connectivity index (χ4n) is 3.97. The van der Waals surface area contributed by atoms with Crippen molar-refractivity contribution in [2.24, 2.45) is 5.73 Å². The lowest BCUT2D eigenvalue weighted by Crippen LogP contribution is -2.41. The zero-order valence-electron chi connectivity index (χ0n) is 15.5. The zero-order valence-corrected chi connectivity index (χ0v) is 15.5. The molecule has 1 heterocycles. The minimum absolute atomic E-state index is 0.00673. The van der Waals surface area contributed by atoms with Crippen LogP contribution in [0.3, 0.4) is 0 Å². The first-order chi connectivity index (χ1) is 13.1. The molecular weight excluding hydrogens is 334 g/mol. The fourth-order valence-corrected chi connectivity index (χ4v) is 3.97. The van der Waals surface area contributed by atoms with Crippen LogP contribution < -0.4 is 11.1 Å². The van der Waals surface area contributed by atoms with Crippen molar-refractivity contribution in [3.05, 3.63) is 78.4 Å². The number of rotatable bonds is 4. The van der Waals surface area contributed by atoms with Gasteiger partial charge in [0.1, 0.15) is 0 Å². The van der Waals surface area contributed by atoms with Crippen LogP contribution in [-0.4, -0.2) is 36.0 Å². The van der Waals surface area contributed by atoms with Crippen molar-refractivity contribution >= 4 is 22.4 Å². The molecule has 3 N–H and O–H groups in total. The van der Waals surface area contributed by atoms with Crippen LogP contribution in [0.2, 0.25) is 0 Å². The predicted molar refractivity (Wildman–Crippen MR) is 111 cm³/mol. The van der Waals surface area contributed by atoms with Crippen molar-refractivity contribution in [2.45, 2.75) is 24.9 Å². The van der Waals surface area contributed by atoms with Gasteiger partial charge in [-0.25, -0.2) is 0 Å². The summed E-state index contributed by atoms with van der Waals surface area (Å²) in [6.07, 6.45) is 0. The number of likely N-dealkylation sites (tertiary alicyclic amines) is 1. The van der Waals surface area contributed by atoms with Gasteiger partial charge in [0.05, 0.1) is 6.04 Å². The minimum Gasteiger partial charge on any atom is -0.326 e. The van der Waals surface area contributed by atoms with E-state index in [1.165, 1.54) is 5.56 Å². The molecule has 3 aromatic carbocycles. The summed E-state index contributed by atoms with van der Waals surface area (Å²) in [5, 5.41) is 5.29. The van der Waals surface area contributed by atoms with Crippen molar-refractivity contribution < 1.29 is 4.79 Å². The van der Waals surface area contributed by atoms with Crippen molar-refractivity contribution in [1.29, 1.82) is 0 Å². The smallest absolute Gasteiger partial charge is 0.241 e. The summed E-state index contributed by atoms with van der Waals surface area (Å²) in [7, 11) is 0. The molecule has 27 heavy (non-hydrogen) atoms. The second-order valence-electron chi connectivity index (χ2n) is 7.33. The van der Waals surface area contributed by atoms with E-state index in [1.807, 2.05) is 55.5 Å². The fraction of sp³-hybridized carbons (Fsp3) is 0.261. The topological polar surface area (TPSA) is 58.4 Å². The lowest BCUT2D eigenvalue weighted by molar-refractivity contribution is -0.120. The molecule has 1 unspecified atom stereocenters. The number of fused-ring (bicyclic) bond motifs is 1. The molecule has 0 saturated carbocycles. The lowest BCUT2D eigenvalue weighted by atomic mass is 9.95. The van der Waals surface area contributed by atoms with Crippen LogP contribution in [0.1, 0.15) is 18.4 Å². The Bertz CT molecular complexity index is 935. The number of hydrogen-bond donors (Lipinski definition) is 2. The Morgan fingerprint density at radius 3 is 2.52 bits per heavy atom. The van der Waals surface area contributed by atoms with Gasteiger partial charge in [0.15, 0.2) is 0 Å². The average molecular weight is 359 g/mol. The molecule has 1 fully saturated rings. The molecular formula is C23H25N3O. The largest absolute Gasteiger partial charge is 0.326 e. The quantitative estimate of drug-likeness (QED) is 0.748. The standard InChI is InChI=1S/C23H25N3O/c1-16(26-14-20(21(24)15-26)18-8-3-2-4-9-18)23(27)25-22-13-7-11-17-10-5-6-12-19(17)22/h2-13,16,20-21H,14-15,24H2,1H3,(H,25,27)/t16?,20-,21+/m0/s1. The number of carbonyl (C=O) groups is 1. The third-order valence-corrected chi connectivity index (χ3v) is 5.60. The van der Waals surface area contributed by atoms with E-state index in [2.05, 4.69) is 34.5 Å². The van der Waals surface area contributed by atoms with Gasteiger partial charge in [-0.2, -0.15) is 0 Å². The molecule has 4 rings (SSSR count). The number of nitrogens with two attached hydrogens (primary N) is 1. The third kappa shape index (κ3) is 3.59. The van der Waals surface area contributed by atoms with Crippen LogP contribution >= 0.6 is 0 Å². The van der Waals surface area contributed by atoms with E-state index in [0.717, 1.165) is 29.5 Å². The number of benzene rings is 3. The molecule has 1 amide bonds. The van der Waals surface area contributed by atoms with Crippen molar-refractivity contribution in [2.75, 3.05) is 18.4 Å². The van der Waals surface area contributed by atoms with Crippen LogP contribution in [0.5, 0.6) is 0 Å². The van der Waals surface area contributed by atoms with Gasteiger partial charge >= 0.3 is 0 Å². The van der Waals surface area contributed by atoms with E-state index in [0.29, 0.717) is 0 Å². The number of hydrogen-bond acceptors (Lipinski definition) is 3. The van der Waals surface area contributed by atoms with Gasteiger partial charge in [-0.05, 0) is 23.9 Å². The van der Waals surface area contributed by atoms with Crippen LogP contribution in [0.15, 0.2) is 72.8 Å². The monoisotopic (exact) mass is 359 g/mol. The summed E-state index contributed by atoms with van der Waals surface area (Å²) >= 11 is 0. The Labute approximate surface area is 160 Å². The highest BCUT2D eigenvalue weighted by atomic mass is 16.2. The van der Waals surface area contributed by atoms with E-state index in [-0.39, 0.29) is 23.9 Å². The molecule has 3 atom stereocenters. The molecule has 1 saturated heterocycles. The molecule has 3 aromatic rings. The normalized spacial score (nSPS) is 21.3. The Balaban J connectivity index is 1.48. The Morgan fingerprint density at radius 1 is 1.00 bits per heavy atom. The molecule has 0 aliphatic carbocycles. The van der Waals surface area contributed by atoms with E-state index >= 15 is 0 Å². The maximum Gasteiger partial charge on any atom is 0.241 e. The van der Waals surface area contributed by atoms with Crippen molar-refractivity contribution in [1.82, 2.24) is 4.90 Å². The zero-order chi connectivity index (χ0) is 18.8. The summed E-state index contributed by atoms with van der Waals surface area (Å²) in [6, 6.07) is 24.2. The summed E-state index contributed by atoms with van der Waals surface area (Å²) in [5.41, 5.74) is 8.49. The number of amides is 1. The van der Waals surface area contributed by atoms with Gasteiger partial charge in [0.2, 0.25) is 5.91 Å². The Kier molecular flexibility index (Phi) is 4.92. The summed E-state index contributed by atoms with van der Waals surface area (Å²) in [5.74, 6) is 0.270. The van der Waals surface area contributed by atoms with Gasteiger partial charge in [0.25, 0.3) is 0 Å². The number of nitrogens with one attached hydrogen (secondary N) is 1. The summed E-state index contributed by atoms with van der Waals surface area (Å²) < 4.78 is 0. The highest BCUT2D eigenvalue weighted by Gasteiger charge is 2.35. The molecule has 0 aromatic heterocycles. The highest BCUT2D eigenvalue weighted by molar-refractivity contribution is 6.03. The van der Waals surface area contributed by atoms with Crippen molar-refractivity contribution in [3.8, 4) is 0 Å². The maximum absolute atomic E-state index is 12.9. The Hall–Kier alpha value is -2.69. The lowest BCUT2D eigenvalue weighted by Gasteiger charge is -2.23. The van der Waals surface area contributed by atoms with Gasteiger partial charge in [0, 0.05) is 36.1 Å². The number of carbonyl (C=O) groups excluding carboxylic acids is 1. The SMILES string of the molecule is CC(C(=O)Nc1cccc2ccccc12)N1C[C@@H](N)[C@H](c2ccccc2)C1. The molecule has 4 nitrogen and oxygen atoms in total. The van der Waals surface area contributed by atoms with E-state index in [9.17, 15) is 4.79 Å². The van der Waals surface area contributed by atoms with Crippen LogP contribution in [0, 0.1) is 0 Å². The number of nitrogens with zero attached hydrogens (tertiary/aromatic N) is 1. The first kappa shape index (κ1) is 17.7. The molecule has 0 radical (unpaired) electrons. The van der Waals surface area contributed by atoms with Gasteiger partial charge in [-0.15, -0.1) is 0 Å². The molecule has 1 aliphatic heterocycles. The first-order valence-electron chi connectivity index (χ1n) is 9.46. The van der Waals surface area contributed by atoms with E-state index < -0.39 is 0 Å². The maximum atomic E-state index is 12.9. The van der Waals surface area contributed by atoms with Crippen LogP contribution in [0.4, 0.5) is 5.69 Å². The first-order valence-corrected chi connectivity index (χ1v) is 9.46. The average Bonchev–Trinajstić information content (AvgIpc) is 3.10. The minimum atomic E-state index is -0.233. The van der Waals surface area contributed by atoms with Crippen molar-refractivity contribution in [3.63, 3.8) is 0 Å². The summed E-state index contributed by atoms with van der Waals surface area (Å²) in [4.78, 5) is 15.1. The van der Waals surface area contributed by atoms with Crippen LogP contribution in [-0.2, 0) is 4.79 Å². The molecule has 138 valence electrons. The summed E-state index contributed by atoms with van der Waals surface area (Å²) in [6.45, 7) is 3.49. The predicted octanol–water partition coefficient (Wildman–Crippen LogP) is 3.59. The second kappa shape index (κ2) is 7.51. The molecule has 0 bridgehead atoms. The van der Waals surface area contributed by atoms with E-state index in [4.69, 9.17) is 5.73 Å². The Morgan fingerprint density at radius 2 is 1.70 bits per heavy atom. The molecule has 1 aliphatic rings. The number of anilines is 1. The van der Waals surface area contributed by atoms with Gasteiger partial charge in [-0.1, -0.05) is 66.7 Å². The van der Waals surface area contributed by atoms with E-state index in [1.54, 1.807) is 0 Å². The third-order valence-electron chi connectivity index (χ3n) is 5.60. The molecule has 0 spiro atoms. The molecule has 4 heteroatoms. The highest BCUT2D eigenvalue weighted by Crippen LogP contribution is 2.28.